The average Bonchev–Trinajstić information content (AvgIpc) is 1.63. The number of rotatable bonds is 3. The van der Waals surface area contributed by atoms with Crippen LogP contribution in [0, 0.1) is 0 Å². The van der Waals surface area contributed by atoms with Gasteiger partial charge >= 0.3 is 61.0 Å². The van der Waals surface area contributed by atoms with Crippen molar-refractivity contribution in [3.8, 4) is 0 Å². The minimum atomic E-state index is 0.331. The molecule has 8 heavy (non-hydrogen) atoms. The molecule has 0 saturated carbocycles. The molecule has 0 aromatic carbocycles. The molecule has 1 aliphatic rings. The Morgan fingerprint density at radius 2 is 2.62 bits per heavy atom. The number of hydrogen-bond donors (Lipinski definition) is 1. The second-order valence-corrected chi connectivity index (χ2v) is 4.69. The van der Waals surface area contributed by atoms with Gasteiger partial charge < -0.3 is 0 Å². The van der Waals surface area contributed by atoms with Gasteiger partial charge in [-0.05, 0) is 0 Å². The van der Waals surface area contributed by atoms with Crippen molar-refractivity contribution in [3.63, 3.8) is 0 Å². The Hall–Kier alpha value is 0.430. The van der Waals surface area contributed by atoms with Crippen LogP contribution < -0.4 is 25.0 Å². The van der Waals surface area contributed by atoms with E-state index in [1.165, 1.54) is 10.8 Å². The van der Waals surface area contributed by atoms with Crippen LogP contribution in [0.1, 0.15) is 13.3 Å². The summed E-state index contributed by atoms with van der Waals surface area (Å²) in [5.74, 6) is 0. The maximum absolute atomic E-state index is 3.49. The average molecular weight is 224 g/mol. The van der Waals surface area contributed by atoms with Crippen LogP contribution >= 0.6 is 0 Å². The fourth-order valence-corrected chi connectivity index (χ4v) is 2.00. The first-order valence-corrected chi connectivity index (χ1v) is 5.54. The molecule has 0 radical (unpaired) electrons. The number of halogens is 1. The van der Waals surface area contributed by atoms with Gasteiger partial charge in [-0.2, -0.15) is 0 Å². The number of nitrogens with one attached hydrogen (secondary N) is 1. The Balaban J connectivity index is 1.95. The zero-order chi connectivity index (χ0) is 5.82. The molecule has 0 bridgehead atoms. The van der Waals surface area contributed by atoms with Crippen LogP contribution in [0.5, 0.6) is 0 Å². The van der Waals surface area contributed by atoms with E-state index in [1.54, 1.807) is 0 Å². The van der Waals surface area contributed by atoms with Crippen molar-refractivity contribution < 1.29 is 21.5 Å². The van der Waals surface area contributed by atoms with Crippen LogP contribution in [0.3, 0.4) is 0 Å². The molecule has 1 unspecified atom stereocenters. The predicted molar refractivity (Wildman–Crippen MR) is 31.2 cm³/mol. The molecule has 0 aromatic heterocycles. The normalized spacial score (nSPS) is 25.9. The quantitative estimate of drug-likeness (QED) is 0.251. The molecule has 48 valence electrons. The summed E-state index contributed by atoms with van der Waals surface area (Å²) in [4.78, 5) is 0. The molecule has 0 fully saturated rings. The topological polar surface area (TPSA) is 12.0 Å². The van der Waals surface area contributed by atoms with E-state index in [0.717, 1.165) is 6.04 Å². The van der Waals surface area contributed by atoms with Crippen LogP contribution in [-0.4, -0.2) is 10.5 Å². The standard InChI is InChI=1S/C6H11IN/c1-2-7-8-6-4-3-5-6/h3-4,6,8H,2,5H2,1H3/q-1. The number of hydrogen-bond acceptors (Lipinski definition) is 1. The van der Waals surface area contributed by atoms with E-state index in [2.05, 4.69) is 22.6 Å². The molecule has 1 atom stereocenters. The second-order valence-electron chi connectivity index (χ2n) is 1.78. The number of alkyl halides is 1. The summed E-state index contributed by atoms with van der Waals surface area (Å²) in [6, 6.07) is 0.753. The molecule has 0 amide bonds. The van der Waals surface area contributed by atoms with Gasteiger partial charge in [-0.1, -0.05) is 0 Å². The van der Waals surface area contributed by atoms with Crippen LogP contribution in [-0.2, 0) is 0 Å². The predicted octanol–water partition coefficient (Wildman–Crippen LogP) is -2.07. The van der Waals surface area contributed by atoms with Crippen LogP contribution in [0.25, 0.3) is 0 Å². The molecule has 0 aromatic rings. The van der Waals surface area contributed by atoms with Gasteiger partial charge in [0.25, 0.3) is 0 Å². The molecule has 0 spiro atoms. The Morgan fingerprint density at radius 3 is 3.00 bits per heavy atom. The van der Waals surface area contributed by atoms with Crippen LogP contribution in [0.2, 0.25) is 0 Å². The summed E-state index contributed by atoms with van der Waals surface area (Å²) in [6.07, 6.45) is 5.73. The van der Waals surface area contributed by atoms with Crippen molar-refractivity contribution in [1.82, 2.24) is 3.53 Å². The maximum atomic E-state index is 3.49. The van der Waals surface area contributed by atoms with E-state index in [1.807, 2.05) is 0 Å². The second kappa shape index (κ2) is 3.45. The van der Waals surface area contributed by atoms with Crippen molar-refractivity contribution in [3.05, 3.63) is 12.2 Å². The van der Waals surface area contributed by atoms with Gasteiger partial charge in [-0.3, -0.25) is 0 Å². The van der Waals surface area contributed by atoms with E-state index in [9.17, 15) is 0 Å². The third-order valence-electron chi connectivity index (χ3n) is 1.11. The van der Waals surface area contributed by atoms with E-state index >= 15 is 0 Å². The van der Waals surface area contributed by atoms with Gasteiger partial charge in [-0.25, -0.2) is 0 Å². The van der Waals surface area contributed by atoms with Gasteiger partial charge in [0.15, 0.2) is 0 Å². The molecule has 1 rings (SSSR count). The van der Waals surface area contributed by atoms with Crippen molar-refractivity contribution in [2.45, 2.75) is 19.4 Å². The fourth-order valence-electron chi connectivity index (χ4n) is 0.529. The van der Waals surface area contributed by atoms with E-state index in [0.29, 0.717) is 21.5 Å². The SMILES string of the molecule is CC[I-]NC1C=CC1. The molecule has 1 N–H and O–H groups in total. The summed E-state index contributed by atoms with van der Waals surface area (Å²) >= 11 is 0.331. The van der Waals surface area contributed by atoms with Gasteiger partial charge in [0.2, 0.25) is 0 Å². The Bertz CT molecular complexity index is 90.5. The summed E-state index contributed by atoms with van der Waals surface area (Å²) in [7, 11) is 0. The monoisotopic (exact) mass is 224 g/mol. The summed E-state index contributed by atoms with van der Waals surface area (Å²) < 4.78 is 4.84. The first kappa shape index (κ1) is 6.55. The third kappa shape index (κ3) is 1.74. The zero-order valence-electron chi connectivity index (χ0n) is 5.02. The molecular weight excluding hydrogens is 213 g/mol. The molecule has 0 saturated heterocycles. The van der Waals surface area contributed by atoms with Crippen molar-refractivity contribution in [2.75, 3.05) is 4.43 Å². The Labute approximate surface area is 61.2 Å². The van der Waals surface area contributed by atoms with Gasteiger partial charge in [0, 0.05) is 0 Å². The molecule has 1 aliphatic carbocycles. The summed E-state index contributed by atoms with van der Waals surface area (Å²) in [5, 5.41) is 0. The first-order valence-electron chi connectivity index (χ1n) is 2.94. The minimum absolute atomic E-state index is 0.331. The molecule has 1 nitrogen and oxygen atoms in total. The molecule has 2 heteroatoms. The Morgan fingerprint density at radius 1 is 1.88 bits per heavy atom. The van der Waals surface area contributed by atoms with E-state index in [4.69, 9.17) is 0 Å². The first-order chi connectivity index (χ1) is 3.93. The Kier molecular flexibility index (Phi) is 2.83. The van der Waals surface area contributed by atoms with Crippen LogP contribution in [0.4, 0.5) is 0 Å². The van der Waals surface area contributed by atoms with E-state index < -0.39 is 0 Å². The van der Waals surface area contributed by atoms with Crippen LogP contribution in [0.15, 0.2) is 12.2 Å². The van der Waals surface area contributed by atoms with E-state index in [-0.39, 0.29) is 0 Å². The summed E-state index contributed by atoms with van der Waals surface area (Å²) in [5.41, 5.74) is 0. The summed E-state index contributed by atoms with van der Waals surface area (Å²) in [6.45, 7) is 2.24. The molecular formula is C6H11IN-. The molecule has 0 heterocycles. The van der Waals surface area contributed by atoms with Gasteiger partial charge in [0.1, 0.15) is 0 Å². The van der Waals surface area contributed by atoms with Crippen molar-refractivity contribution >= 4 is 0 Å². The fraction of sp³-hybridized carbons (Fsp3) is 0.667. The third-order valence-corrected chi connectivity index (χ3v) is 3.11. The van der Waals surface area contributed by atoms with Gasteiger partial charge in [0.05, 0.1) is 0 Å². The molecule has 0 aliphatic heterocycles. The van der Waals surface area contributed by atoms with Crippen molar-refractivity contribution in [2.24, 2.45) is 0 Å². The van der Waals surface area contributed by atoms with Gasteiger partial charge in [-0.15, -0.1) is 0 Å². The zero-order valence-corrected chi connectivity index (χ0v) is 7.18. The van der Waals surface area contributed by atoms with Crippen molar-refractivity contribution in [1.29, 1.82) is 0 Å².